The first kappa shape index (κ1) is 14.6. The van der Waals surface area contributed by atoms with Crippen molar-refractivity contribution in [3.63, 3.8) is 0 Å². The number of piperidine rings is 1. The van der Waals surface area contributed by atoms with Crippen LogP contribution in [0.3, 0.4) is 0 Å². The first-order valence-corrected chi connectivity index (χ1v) is 7.80. The second-order valence-corrected chi connectivity index (χ2v) is 6.44. The summed E-state index contributed by atoms with van der Waals surface area (Å²) in [4.78, 5) is 15.5. The van der Waals surface area contributed by atoms with Gasteiger partial charge in [0.05, 0.1) is 0 Å². The van der Waals surface area contributed by atoms with Crippen LogP contribution in [0, 0.1) is 5.92 Å². The predicted octanol–water partition coefficient (Wildman–Crippen LogP) is 2.30. The Bertz CT molecular complexity index is 292. The van der Waals surface area contributed by atoms with E-state index in [1.165, 1.54) is 25.7 Å². The van der Waals surface area contributed by atoms with E-state index < -0.39 is 0 Å². The third-order valence-corrected chi connectivity index (χ3v) is 4.75. The molecule has 1 aliphatic heterocycles. The molecule has 1 aliphatic carbocycles. The standard InChI is InChI=1S/C15H29N3O/c1-12(13-6-4-5-7-13)16-14-8-10-18(11-9-14)15(19)17(2)3/h12-14,16H,4-11H2,1-3H3. The van der Waals surface area contributed by atoms with Crippen molar-refractivity contribution in [2.45, 2.75) is 57.5 Å². The van der Waals surface area contributed by atoms with E-state index in [-0.39, 0.29) is 6.03 Å². The SMILES string of the molecule is CC(NC1CCN(C(=O)N(C)C)CC1)C1CCCC1. The number of rotatable bonds is 3. The predicted molar refractivity (Wildman–Crippen MR) is 78.2 cm³/mol. The lowest BCUT2D eigenvalue weighted by atomic mass is 9.96. The summed E-state index contributed by atoms with van der Waals surface area (Å²) in [5.74, 6) is 0.876. The van der Waals surface area contributed by atoms with E-state index in [4.69, 9.17) is 0 Å². The quantitative estimate of drug-likeness (QED) is 0.851. The first-order chi connectivity index (χ1) is 9.08. The van der Waals surface area contributed by atoms with Gasteiger partial charge in [-0.15, -0.1) is 0 Å². The van der Waals surface area contributed by atoms with Gasteiger partial charge in [-0.2, -0.15) is 0 Å². The van der Waals surface area contributed by atoms with Gasteiger partial charge in [-0.3, -0.25) is 0 Å². The Kier molecular flexibility index (Phi) is 5.08. The van der Waals surface area contributed by atoms with Crippen LogP contribution >= 0.6 is 0 Å². The first-order valence-electron chi connectivity index (χ1n) is 7.80. The number of amides is 2. The monoisotopic (exact) mass is 267 g/mol. The molecule has 0 aromatic rings. The van der Waals surface area contributed by atoms with E-state index in [0.717, 1.165) is 31.8 Å². The maximum atomic E-state index is 11.9. The molecule has 2 amide bonds. The van der Waals surface area contributed by atoms with Gasteiger partial charge in [0.1, 0.15) is 0 Å². The Labute approximate surface area is 117 Å². The number of hydrogen-bond donors (Lipinski definition) is 1. The molecule has 1 unspecified atom stereocenters. The molecule has 0 aromatic heterocycles. The lowest BCUT2D eigenvalue weighted by Gasteiger charge is -2.36. The summed E-state index contributed by atoms with van der Waals surface area (Å²) in [6.07, 6.45) is 7.80. The van der Waals surface area contributed by atoms with Crippen LogP contribution in [0.1, 0.15) is 45.4 Å². The summed E-state index contributed by atoms with van der Waals surface area (Å²) in [6, 6.07) is 1.40. The minimum absolute atomic E-state index is 0.155. The van der Waals surface area contributed by atoms with Crippen LogP contribution in [0.4, 0.5) is 4.79 Å². The van der Waals surface area contributed by atoms with Crippen LogP contribution in [0.15, 0.2) is 0 Å². The molecule has 2 rings (SSSR count). The van der Waals surface area contributed by atoms with Crippen molar-refractivity contribution in [2.24, 2.45) is 5.92 Å². The molecule has 1 saturated carbocycles. The van der Waals surface area contributed by atoms with Gasteiger partial charge in [0.2, 0.25) is 0 Å². The van der Waals surface area contributed by atoms with Crippen molar-refractivity contribution in [1.82, 2.24) is 15.1 Å². The lowest BCUT2D eigenvalue weighted by molar-refractivity contribution is 0.149. The van der Waals surface area contributed by atoms with E-state index in [0.29, 0.717) is 12.1 Å². The van der Waals surface area contributed by atoms with E-state index in [1.807, 2.05) is 19.0 Å². The maximum Gasteiger partial charge on any atom is 0.319 e. The van der Waals surface area contributed by atoms with Gasteiger partial charge < -0.3 is 15.1 Å². The average molecular weight is 267 g/mol. The fourth-order valence-electron chi connectivity index (χ4n) is 3.49. The topological polar surface area (TPSA) is 35.6 Å². The van der Waals surface area contributed by atoms with Gasteiger partial charge in [0, 0.05) is 39.3 Å². The minimum Gasteiger partial charge on any atom is -0.331 e. The molecule has 2 fully saturated rings. The van der Waals surface area contributed by atoms with Crippen LogP contribution < -0.4 is 5.32 Å². The molecule has 2 aliphatic rings. The Morgan fingerprint density at radius 3 is 2.26 bits per heavy atom. The molecule has 0 aromatic carbocycles. The van der Waals surface area contributed by atoms with Gasteiger partial charge >= 0.3 is 6.03 Å². The van der Waals surface area contributed by atoms with Crippen LogP contribution in [0.25, 0.3) is 0 Å². The molecule has 1 saturated heterocycles. The largest absolute Gasteiger partial charge is 0.331 e. The highest BCUT2D eigenvalue weighted by molar-refractivity contribution is 5.73. The number of likely N-dealkylation sites (tertiary alicyclic amines) is 1. The minimum atomic E-state index is 0.155. The number of carbonyl (C=O) groups is 1. The summed E-state index contributed by atoms with van der Waals surface area (Å²) in [7, 11) is 3.66. The Hall–Kier alpha value is -0.770. The molecule has 4 heteroatoms. The second kappa shape index (κ2) is 6.60. The molecule has 4 nitrogen and oxygen atoms in total. The average Bonchev–Trinajstić information content (AvgIpc) is 2.92. The van der Waals surface area contributed by atoms with Crippen molar-refractivity contribution >= 4 is 6.03 Å². The summed E-state index contributed by atoms with van der Waals surface area (Å²) in [6.45, 7) is 4.13. The van der Waals surface area contributed by atoms with Crippen molar-refractivity contribution < 1.29 is 4.79 Å². The number of nitrogens with one attached hydrogen (secondary N) is 1. The van der Waals surface area contributed by atoms with Gasteiger partial charge in [0.25, 0.3) is 0 Å². The molecule has 0 spiro atoms. The van der Waals surface area contributed by atoms with Gasteiger partial charge in [-0.25, -0.2) is 4.79 Å². The summed E-state index contributed by atoms with van der Waals surface area (Å²) >= 11 is 0. The molecule has 110 valence electrons. The normalized spacial score (nSPS) is 23.6. The fraction of sp³-hybridized carbons (Fsp3) is 0.933. The molecule has 1 atom stereocenters. The zero-order chi connectivity index (χ0) is 13.8. The zero-order valence-electron chi connectivity index (χ0n) is 12.7. The highest BCUT2D eigenvalue weighted by atomic mass is 16.2. The number of hydrogen-bond acceptors (Lipinski definition) is 2. The van der Waals surface area contributed by atoms with Crippen LogP contribution in [-0.2, 0) is 0 Å². The molecule has 1 heterocycles. The highest BCUT2D eigenvalue weighted by Crippen LogP contribution is 2.28. The van der Waals surface area contributed by atoms with Crippen LogP contribution in [0.5, 0.6) is 0 Å². The highest BCUT2D eigenvalue weighted by Gasteiger charge is 2.27. The van der Waals surface area contributed by atoms with Gasteiger partial charge in [-0.05, 0) is 38.5 Å². The third kappa shape index (κ3) is 3.85. The van der Waals surface area contributed by atoms with E-state index in [1.54, 1.807) is 4.90 Å². The zero-order valence-corrected chi connectivity index (χ0v) is 12.7. The van der Waals surface area contributed by atoms with E-state index in [2.05, 4.69) is 12.2 Å². The van der Waals surface area contributed by atoms with E-state index in [9.17, 15) is 4.79 Å². The van der Waals surface area contributed by atoms with Crippen molar-refractivity contribution in [1.29, 1.82) is 0 Å². The van der Waals surface area contributed by atoms with Crippen molar-refractivity contribution in [3.8, 4) is 0 Å². The summed E-state index contributed by atoms with van der Waals surface area (Å²) in [5.41, 5.74) is 0. The Balaban J connectivity index is 1.72. The number of nitrogens with zero attached hydrogens (tertiary/aromatic N) is 2. The van der Waals surface area contributed by atoms with Crippen LogP contribution in [0.2, 0.25) is 0 Å². The van der Waals surface area contributed by atoms with Gasteiger partial charge in [0.15, 0.2) is 0 Å². The number of urea groups is 1. The smallest absolute Gasteiger partial charge is 0.319 e. The lowest BCUT2D eigenvalue weighted by Crippen LogP contribution is -2.50. The summed E-state index contributed by atoms with van der Waals surface area (Å²) < 4.78 is 0. The second-order valence-electron chi connectivity index (χ2n) is 6.44. The molecule has 0 radical (unpaired) electrons. The molecular formula is C15H29N3O. The van der Waals surface area contributed by atoms with Crippen LogP contribution in [-0.4, -0.2) is 55.1 Å². The number of carbonyl (C=O) groups excluding carboxylic acids is 1. The maximum absolute atomic E-state index is 11.9. The van der Waals surface area contributed by atoms with Crippen molar-refractivity contribution in [3.05, 3.63) is 0 Å². The summed E-state index contributed by atoms with van der Waals surface area (Å²) in [5, 5.41) is 3.80. The molecule has 1 N–H and O–H groups in total. The third-order valence-electron chi connectivity index (χ3n) is 4.75. The molecule has 19 heavy (non-hydrogen) atoms. The molecule has 0 bridgehead atoms. The molecular weight excluding hydrogens is 238 g/mol. The van der Waals surface area contributed by atoms with Crippen molar-refractivity contribution in [2.75, 3.05) is 27.2 Å². The van der Waals surface area contributed by atoms with Gasteiger partial charge in [-0.1, -0.05) is 12.8 Å². The fourth-order valence-corrected chi connectivity index (χ4v) is 3.49. The van der Waals surface area contributed by atoms with E-state index >= 15 is 0 Å². The Morgan fingerprint density at radius 1 is 1.16 bits per heavy atom. The Morgan fingerprint density at radius 2 is 1.74 bits per heavy atom.